The molecule has 0 unspecified atom stereocenters. The molecule has 9 nitrogen and oxygen atoms in total. The van der Waals surface area contributed by atoms with E-state index in [2.05, 4.69) is 10.6 Å². The van der Waals surface area contributed by atoms with Crippen LogP contribution in [0.1, 0.15) is 38.3 Å². The first-order valence-corrected chi connectivity index (χ1v) is 12.3. The van der Waals surface area contributed by atoms with Crippen LogP contribution in [0, 0.1) is 17.0 Å². The van der Waals surface area contributed by atoms with E-state index in [0.29, 0.717) is 17.8 Å². The Morgan fingerprint density at radius 1 is 0.925 bits per heavy atom. The molecule has 0 spiro atoms. The van der Waals surface area contributed by atoms with Crippen molar-refractivity contribution in [1.29, 1.82) is 0 Å². The van der Waals surface area contributed by atoms with Crippen molar-refractivity contribution in [2.45, 2.75) is 19.5 Å². The highest BCUT2D eigenvalue weighted by Crippen LogP contribution is 2.33. The average molecular weight is 558 g/mol. The van der Waals surface area contributed by atoms with Crippen LogP contribution in [0.15, 0.2) is 60.7 Å². The molecule has 3 aromatic rings. The molecule has 0 bridgehead atoms. The highest BCUT2D eigenvalue weighted by molar-refractivity contribution is 6.09. The molecule has 0 aliphatic rings. The number of benzene rings is 3. The first-order valence-electron chi connectivity index (χ1n) is 12.3. The van der Waals surface area contributed by atoms with E-state index in [0.717, 1.165) is 31.2 Å². The minimum absolute atomic E-state index is 0.139. The lowest BCUT2D eigenvalue weighted by atomic mass is 10.1. The third-order valence-electron chi connectivity index (χ3n) is 6.15. The summed E-state index contributed by atoms with van der Waals surface area (Å²) in [5.74, 6) is -1.49. The lowest BCUT2D eigenvalue weighted by Gasteiger charge is -2.21. The van der Waals surface area contributed by atoms with Gasteiger partial charge in [-0.15, -0.1) is 0 Å². The van der Waals surface area contributed by atoms with Crippen molar-refractivity contribution in [2.75, 3.05) is 49.8 Å². The predicted molar refractivity (Wildman–Crippen MR) is 148 cm³/mol. The van der Waals surface area contributed by atoms with Gasteiger partial charge in [-0.1, -0.05) is 18.2 Å². The molecule has 0 saturated heterocycles. The Morgan fingerprint density at radius 2 is 1.62 bits per heavy atom. The Labute approximate surface area is 229 Å². The summed E-state index contributed by atoms with van der Waals surface area (Å²) in [5, 5.41) is 17.2. The molecule has 2 N–H and O–H groups in total. The van der Waals surface area contributed by atoms with Crippen molar-refractivity contribution in [3.63, 3.8) is 0 Å². The highest BCUT2D eigenvalue weighted by atomic mass is 19.4. The van der Waals surface area contributed by atoms with E-state index < -0.39 is 28.5 Å². The fraction of sp³-hybridized carbons (Fsp3) is 0.286. The van der Waals surface area contributed by atoms with E-state index in [1.807, 2.05) is 19.0 Å². The molecule has 0 aromatic heterocycles. The van der Waals surface area contributed by atoms with Crippen molar-refractivity contribution < 1.29 is 27.7 Å². The van der Waals surface area contributed by atoms with Crippen molar-refractivity contribution >= 4 is 34.6 Å². The molecule has 212 valence electrons. The number of halogens is 3. The van der Waals surface area contributed by atoms with Crippen LogP contribution < -0.4 is 15.5 Å². The standard InChI is InChI=1S/C28H30F3N5O4/c1-18-12-13-21(32-26(37)19-8-5-9-20(16-19)28(29,30)31)17-23(18)33-27(38)22-10-6-11-24(25(22)36(39)40)35(4)15-7-14-34(2)3/h5-6,8-13,16-17H,7,14-15H2,1-4H3,(H,32,37)(H,33,38). The van der Waals surface area contributed by atoms with Gasteiger partial charge in [0.2, 0.25) is 0 Å². The average Bonchev–Trinajstić information content (AvgIpc) is 2.89. The second kappa shape index (κ2) is 12.6. The van der Waals surface area contributed by atoms with Gasteiger partial charge in [-0.2, -0.15) is 13.2 Å². The van der Waals surface area contributed by atoms with Gasteiger partial charge < -0.3 is 20.4 Å². The second-order valence-electron chi connectivity index (χ2n) is 9.53. The van der Waals surface area contributed by atoms with Crippen LogP contribution in [-0.4, -0.2) is 55.9 Å². The lowest BCUT2D eigenvalue weighted by molar-refractivity contribution is -0.384. The molecule has 0 aliphatic heterocycles. The van der Waals surface area contributed by atoms with Crippen LogP contribution in [0.5, 0.6) is 0 Å². The quantitative estimate of drug-likeness (QED) is 0.241. The fourth-order valence-electron chi connectivity index (χ4n) is 4.02. The van der Waals surface area contributed by atoms with Crippen LogP contribution in [0.4, 0.5) is 35.9 Å². The van der Waals surface area contributed by atoms with Gasteiger partial charge in [-0.05, 0) is 82.0 Å². The zero-order valence-electron chi connectivity index (χ0n) is 22.5. The van der Waals surface area contributed by atoms with Gasteiger partial charge in [-0.25, -0.2) is 0 Å². The van der Waals surface area contributed by atoms with Crippen molar-refractivity contribution in [3.8, 4) is 0 Å². The van der Waals surface area contributed by atoms with E-state index in [1.54, 1.807) is 37.1 Å². The number of rotatable bonds is 10. The summed E-state index contributed by atoms with van der Waals surface area (Å²) in [5.41, 5.74) is -0.232. The molecule has 0 radical (unpaired) electrons. The van der Waals surface area contributed by atoms with Gasteiger partial charge in [0.15, 0.2) is 0 Å². The van der Waals surface area contributed by atoms with E-state index in [9.17, 15) is 32.9 Å². The number of aryl methyl sites for hydroxylation is 1. The molecule has 2 amide bonds. The maximum Gasteiger partial charge on any atom is 0.416 e. The van der Waals surface area contributed by atoms with Crippen LogP contribution in [0.3, 0.4) is 0 Å². The minimum Gasteiger partial charge on any atom is -0.369 e. The normalized spacial score (nSPS) is 11.3. The number of anilines is 3. The minimum atomic E-state index is -4.60. The molecule has 0 fully saturated rings. The summed E-state index contributed by atoms with van der Waals surface area (Å²) >= 11 is 0. The van der Waals surface area contributed by atoms with Gasteiger partial charge in [0.25, 0.3) is 11.8 Å². The van der Waals surface area contributed by atoms with Gasteiger partial charge in [0.05, 0.1) is 10.5 Å². The van der Waals surface area contributed by atoms with Crippen LogP contribution >= 0.6 is 0 Å². The highest BCUT2D eigenvalue weighted by Gasteiger charge is 2.31. The van der Waals surface area contributed by atoms with Crippen molar-refractivity contribution in [3.05, 3.63) is 93.0 Å². The number of hydrogen-bond donors (Lipinski definition) is 2. The Hall–Kier alpha value is -4.45. The number of amides is 2. The fourth-order valence-corrected chi connectivity index (χ4v) is 4.02. The maximum atomic E-state index is 13.2. The van der Waals surface area contributed by atoms with Gasteiger partial charge in [0.1, 0.15) is 11.3 Å². The maximum absolute atomic E-state index is 13.2. The van der Waals surface area contributed by atoms with Crippen LogP contribution in [-0.2, 0) is 6.18 Å². The molecule has 0 saturated carbocycles. The van der Waals surface area contributed by atoms with Gasteiger partial charge in [-0.3, -0.25) is 19.7 Å². The summed E-state index contributed by atoms with van der Waals surface area (Å²) in [4.78, 5) is 41.0. The molecule has 3 rings (SSSR count). The number of carbonyl (C=O) groups excluding carboxylic acids is 2. The summed E-state index contributed by atoms with van der Waals surface area (Å²) in [6, 6.07) is 13.1. The largest absolute Gasteiger partial charge is 0.416 e. The number of hydrogen-bond acceptors (Lipinski definition) is 6. The third-order valence-corrected chi connectivity index (χ3v) is 6.15. The lowest BCUT2D eigenvalue weighted by Crippen LogP contribution is -2.25. The number of nitro benzene ring substituents is 1. The topological polar surface area (TPSA) is 108 Å². The zero-order valence-corrected chi connectivity index (χ0v) is 22.5. The van der Waals surface area contributed by atoms with E-state index >= 15 is 0 Å². The van der Waals surface area contributed by atoms with E-state index in [-0.39, 0.29) is 28.2 Å². The second-order valence-corrected chi connectivity index (χ2v) is 9.53. The molecule has 0 aliphatic carbocycles. The first-order chi connectivity index (χ1) is 18.8. The Kier molecular flexibility index (Phi) is 9.48. The smallest absolute Gasteiger partial charge is 0.369 e. The summed E-state index contributed by atoms with van der Waals surface area (Å²) < 4.78 is 39.1. The van der Waals surface area contributed by atoms with Gasteiger partial charge in [0, 0.05) is 30.5 Å². The molecule has 3 aromatic carbocycles. The zero-order chi connectivity index (χ0) is 29.6. The first kappa shape index (κ1) is 30.1. The number of nitrogens with zero attached hydrogens (tertiary/aromatic N) is 3. The number of para-hydroxylation sites is 1. The number of carbonyl (C=O) groups is 2. The Balaban J connectivity index is 1.83. The Morgan fingerprint density at radius 3 is 2.27 bits per heavy atom. The summed E-state index contributed by atoms with van der Waals surface area (Å²) in [6.07, 6.45) is -3.84. The predicted octanol–water partition coefficient (Wildman–Crippen LogP) is 5.81. The number of alkyl halides is 3. The van der Waals surface area contributed by atoms with Crippen molar-refractivity contribution in [1.82, 2.24) is 4.90 Å². The molecule has 40 heavy (non-hydrogen) atoms. The van der Waals surface area contributed by atoms with Crippen LogP contribution in [0.25, 0.3) is 0 Å². The third kappa shape index (κ3) is 7.56. The monoisotopic (exact) mass is 557 g/mol. The molecule has 0 atom stereocenters. The summed E-state index contributed by atoms with van der Waals surface area (Å²) in [7, 11) is 5.59. The van der Waals surface area contributed by atoms with E-state index in [1.165, 1.54) is 24.3 Å². The molecule has 0 heterocycles. The molecular weight excluding hydrogens is 527 g/mol. The molecular formula is C28H30F3N5O4. The number of nitrogens with one attached hydrogen (secondary N) is 2. The SMILES string of the molecule is Cc1ccc(NC(=O)c2cccc(C(F)(F)F)c2)cc1NC(=O)c1cccc(N(C)CCCN(C)C)c1[N+](=O)[O-]. The Bertz CT molecular complexity index is 1410. The summed E-state index contributed by atoms with van der Waals surface area (Å²) in [6.45, 7) is 3.02. The van der Waals surface area contributed by atoms with Gasteiger partial charge >= 0.3 is 11.9 Å². The van der Waals surface area contributed by atoms with Crippen LogP contribution in [0.2, 0.25) is 0 Å². The molecule has 12 heteroatoms. The van der Waals surface area contributed by atoms with E-state index in [4.69, 9.17) is 0 Å². The van der Waals surface area contributed by atoms with Crippen molar-refractivity contribution in [2.24, 2.45) is 0 Å². The number of nitro groups is 1.